The van der Waals surface area contributed by atoms with Crippen molar-refractivity contribution in [2.75, 3.05) is 7.11 Å². The van der Waals surface area contributed by atoms with Crippen LogP contribution in [0.1, 0.15) is 39.1 Å². The predicted molar refractivity (Wildman–Crippen MR) is 76.0 cm³/mol. The number of methoxy groups -OCH3 is 1. The number of hydrogen-bond acceptors (Lipinski definition) is 5. The molecule has 0 aliphatic carbocycles. The van der Waals surface area contributed by atoms with Crippen molar-refractivity contribution in [3.05, 3.63) is 28.8 Å². The van der Waals surface area contributed by atoms with Crippen molar-refractivity contribution >= 4 is 23.7 Å². The Kier molecular flexibility index (Phi) is 3.51. The maximum absolute atomic E-state index is 12.6. The number of rotatable bonds is 3. The van der Waals surface area contributed by atoms with Crippen molar-refractivity contribution in [3.8, 4) is 5.75 Å². The van der Waals surface area contributed by atoms with Gasteiger partial charge in [0.2, 0.25) is 11.8 Å². The summed E-state index contributed by atoms with van der Waals surface area (Å²) in [5.74, 6) is -2.23. The fraction of sp³-hybridized carbons (Fsp3) is 0.333. The summed E-state index contributed by atoms with van der Waals surface area (Å²) < 4.78 is 5.13. The lowest BCUT2D eigenvalue weighted by Crippen LogP contribution is -2.52. The number of fused-ring (bicyclic) bond motifs is 1. The summed E-state index contributed by atoms with van der Waals surface area (Å²) in [4.78, 5) is 48.3. The second-order valence-electron chi connectivity index (χ2n) is 5.42. The molecule has 0 saturated carbocycles. The number of amides is 3. The van der Waals surface area contributed by atoms with Gasteiger partial charge in [0.15, 0.2) is 0 Å². The Bertz CT molecular complexity index is 742. The number of aromatic carboxylic acids is 1. The first-order valence-electron chi connectivity index (χ1n) is 7.01. The Morgan fingerprint density at radius 1 is 1.35 bits per heavy atom. The summed E-state index contributed by atoms with van der Waals surface area (Å²) in [6.45, 7) is 0.109. The molecule has 2 aliphatic rings. The molecule has 8 heteroatoms. The van der Waals surface area contributed by atoms with Crippen LogP contribution >= 0.6 is 0 Å². The SMILES string of the molecule is COc1cc(C(=O)O)cc2c1C(=O)N(C1CCC(=O)NC1=O)C2. The van der Waals surface area contributed by atoms with Crippen LogP contribution in [0.3, 0.4) is 0 Å². The molecule has 3 amide bonds. The molecule has 8 nitrogen and oxygen atoms in total. The molecule has 0 radical (unpaired) electrons. The van der Waals surface area contributed by atoms with Gasteiger partial charge in [-0.25, -0.2) is 4.79 Å². The Hall–Kier alpha value is -2.90. The van der Waals surface area contributed by atoms with E-state index in [4.69, 9.17) is 9.84 Å². The van der Waals surface area contributed by atoms with Gasteiger partial charge in [0.1, 0.15) is 11.8 Å². The molecule has 1 fully saturated rings. The van der Waals surface area contributed by atoms with E-state index in [1.54, 1.807) is 0 Å². The Morgan fingerprint density at radius 3 is 2.70 bits per heavy atom. The number of hydrogen-bond donors (Lipinski definition) is 2. The van der Waals surface area contributed by atoms with Gasteiger partial charge in [-0.2, -0.15) is 0 Å². The molecular formula is C15H14N2O6. The zero-order chi connectivity index (χ0) is 16.7. The first-order valence-corrected chi connectivity index (χ1v) is 7.01. The highest BCUT2D eigenvalue weighted by Gasteiger charge is 2.40. The van der Waals surface area contributed by atoms with Gasteiger partial charge < -0.3 is 14.7 Å². The molecule has 1 saturated heterocycles. The second kappa shape index (κ2) is 5.38. The molecule has 2 N–H and O–H groups in total. The number of carboxylic acids is 1. The number of nitrogens with one attached hydrogen (secondary N) is 1. The number of carbonyl (C=O) groups excluding carboxylic acids is 3. The zero-order valence-electron chi connectivity index (χ0n) is 12.3. The van der Waals surface area contributed by atoms with E-state index in [0.29, 0.717) is 5.56 Å². The zero-order valence-corrected chi connectivity index (χ0v) is 12.3. The smallest absolute Gasteiger partial charge is 0.335 e. The quantitative estimate of drug-likeness (QED) is 0.767. The van der Waals surface area contributed by atoms with Crippen molar-refractivity contribution in [1.29, 1.82) is 0 Å². The van der Waals surface area contributed by atoms with Crippen molar-refractivity contribution in [3.63, 3.8) is 0 Å². The molecule has 1 aromatic rings. The summed E-state index contributed by atoms with van der Waals surface area (Å²) in [6.07, 6.45) is 0.409. The van der Waals surface area contributed by atoms with Crippen LogP contribution in [0.4, 0.5) is 0 Å². The van der Waals surface area contributed by atoms with Crippen molar-refractivity contribution in [2.45, 2.75) is 25.4 Å². The van der Waals surface area contributed by atoms with Crippen molar-refractivity contribution in [2.24, 2.45) is 0 Å². The number of imide groups is 1. The molecular weight excluding hydrogens is 304 g/mol. The van der Waals surface area contributed by atoms with E-state index in [2.05, 4.69) is 5.32 Å². The Morgan fingerprint density at radius 2 is 2.09 bits per heavy atom. The average Bonchev–Trinajstić information content (AvgIpc) is 2.83. The first-order chi connectivity index (χ1) is 10.9. The van der Waals surface area contributed by atoms with Crippen LogP contribution in [0.25, 0.3) is 0 Å². The van der Waals surface area contributed by atoms with Gasteiger partial charge in [-0.15, -0.1) is 0 Å². The number of benzene rings is 1. The summed E-state index contributed by atoms with van der Waals surface area (Å²) in [6, 6.07) is 1.95. The van der Waals surface area contributed by atoms with Crippen LogP contribution in [0.2, 0.25) is 0 Å². The maximum Gasteiger partial charge on any atom is 0.335 e. The minimum absolute atomic E-state index is 0.0125. The van der Waals surface area contributed by atoms with Crippen LogP contribution in [-0.4, -0.2) is 46.8 Å². The highest BCUT2D eigenvalue weighted by molar-refractivity contribution is 6.07. The summed E-state index contributed by atoms with van der Waals surface area (Å²) >= 11 is 0. The second-order valence-corrected chi connectivity index (χ2v) is 5.42. The molecule has 1 aromatic carbocycles. The Labute approximate surface area is 131 Å². The molecule has 0 bridgehead atoms. The summed E-state index contributed by atoms with van der Waals surface area (Å²) in [7, 11) is 1.35. The number of carbonyl (C=O) groups is 4. The minimum atomic E-state index is -1.13. The van der Waals surface area contributed by atoms with Crippen molar-refractivity contribution < 1.29 is 29.0 Å². The molecule has 0 aromatic heterocycles. The minimum Gasteiger partial charge on any atom is -0.496 e. The fourth-order valence-corrected chi connectivity index (χ4v) is 2.96. The predicted octanol–water partition coefficient (Wildman–Crippen LogP) is 0.154. The lowest BCUT2D eigenvalue weighted by molar-refractivity contribution is -0.136. The van der Waals surface area contributed by atoms with Crippen LogP contribution in [0.5, 0.6) is 5.75 Å². The highest BCUT2D eigenvalue weighted by atomic mass is 16.5. The van der Waals surface area contributed by atoms with Gasteiger partial charge in [0.05, 0.1) is 18.2 Å². The van der Waals surface area contributed by atoms with Gasteiger partial charge in [0.25, 0.3) is 5.91 Å². The third kappa shape index (κ3) is 2.41. The maximum atomic E-state index is 12.6. The molecule has 0 spiro atoms. The number of carboxylic acid groups (broad SMARTS) is 1. The molecule has 3 rings (SSSR count). The van der Waals surface area contributed by atoms with E-state index in [1.807, 2.05) is 0 Å². The monoisotopic (exact) mass is 318 g/mol. The van der Waals surface area contributed by atoms with Crippen LogP contribution in [0, 0.1) is 0 Å². The lowest BCUT2D eigenvalue weighted by atomic mass is 10.0. The van der Waals surface area contributed by atoms with Crippen molar-refractivity contribution in [1.82, 2.24) is 10.2 Å². The highest BCUT2D eigenvalue weighted by Crippen LogP contribution is 2.34. The van der Waals surface area contributed by atoms with E-state index < -0.39 is 23.8 Å². The van der Waals surface area contributed by atoms with Gasteiger partial charge in [-0.3, -0.25) is 19.7 Å². The van der Waals surface area contributed by atoms with Gasteiger partial charge in [-0.05, 0) is 24.1 Å². The molecule has 120 valence electrons. The van der Waals surface area contributed by atoms with E-state index >= 15 is 0 Å². The molecule has 2 heterocycles. The van der Waals surface area contributed by atoms with Gasteiger partial charge in [0, 0.05) is 13.0 Å². The molecule has 1 unspecified atom stereocenters. The van der Waals surface area contributed by atoms with Crippen LogP contribution in [-0.2, 0) is 16.1 Å². The average molecular weight is 318 g/mol. The normalized spacial score (nSPS) is 20.3. The molecule has 23 heavy (non-hydrogen) atoms. The summed E-state index contributed by atoms with van der Waals surface area (Å²) in [5.41, 5.74) is 0.775. The van der Waals surface area contributed by atoms with Crippen LogP contribution in [0.15, 0.2) is 12.1 Å². The number of piperidine rings is 1. The first kappa shape index (κ1) is 15.0. The van der Waals surface area contributed by atoms with Gasteiger partial charge >= 0.3 is 5.97 Å². The number of nitrogens with zero attached hydrogens (tertiary/aromatic N) is 1. The van der Waals surface area contributed by atoms with E-state index in [-0.39, 0.29) is 42.2 Å². The standard InChI is InChI=1S/C15H14N2O6/c1-23-10-5-7(15(21)22)4-8-6-17(14(20)12(8)10)9-2-3-11(18)16-13(9)19/h4-5,9H,2-3,6H2,1H3,(H,21,22)(H,16,18,19). The van der Waals surface area contributed by atoms with E-state index in [9.17, 15) is 19.2 Å². The fourth-order valence-electron chi connectivity index (χ4n) is 2.96. The van der Waals surface area contributed by atoms with E-state index in [1.165, 1.54) is 24.1 Å². The molecule has 2 aliphatic heterocycles. The van der Waals surface area contributed by atoms with Gasteiger partial charge in [-0.1, -0.05) is 0 Å². The lowest BCUT2D eigenvalue weighted by Gasteiger charge is -2.29. The third-order valence-electron chi connectivity index (χ3n) is 4.05. The number of ether oxygens (including phenoxy) is 1. The Balaban J connectivity index is 1.97. The van der Waals surface area contributed by atoms with Crippen LogP contribution < -0.4 is 10.1 Å². The largest absolute Gasteiger partial charge is 0.496 e. The molecule has 1 atom stereocenters. The third-order valence-corrected chi connectivity index (χ3v) is 4.05. The topological polar surface area (TPSA) is 113 Å². The van der Waals surface area contributed by atoms with E-state index in [0.717, 1.165) is 0 Å². The summed E-state index contributed by atoms with van der Waals surface area (Å²) in [5, 5.41) is 11.3.